The molecular formula is C60H107NO5. The molecule has 0 bridgehead atoms. The summed E-state index contributed by atoms with van der Waals surface area (Å²) >= 11 is 0. The van der Waals surface area contributed by atoms with Gasteiger partial charge in [-0.2, -0.15) is 0 Å². The van der Waals surface area contributed by atoms with Crippen LogP contribution in [0, 0.1) is 0 Å². The highest BCUT2D eigenvalue weighted by molar-refractivity contribution is 5.77. The maximum Gasteiger partial charge on any atom is 0.306 e. The minimum Gasteiger partial charge on any atom is -0.462 e. The van der Waals surface area contributed by atoms with E-state index in [1.807, 2.05) is 36.5 Å². The van der Waals surface area contributed by atoms with Crippen molar-refractivity contribution in [3.8, 4) is 0 Å². The van der Waals surface area contributed by atoms with Crippen molar-refractivity contribution in [3.63, 3.8) is 0 Å². The summed E-state index contributed by atoms with van der Waals surface area (Å²) in [6, 6.07) is -0.720. The molecule has 3 unspecified atom stereocenters. The van der Waals surface area contributed by atoms with Crippen LogP contribution in [0.15, 0.2) is 72.9 Å². The maximum atomic E-state index is 13.3. The molecule has 0 fully saturated rings. The number of nitrogens with one attached hydrogen (secondary N) is 1. The van der Waals surface area contributed by atoms with Crippen LogP contribution in [0.4, 0.5) is 0 Å². The van der Waals surface area contributed by atoms with E-state index < -0.39 is 18.2 Å². The van der Waals surface area contributed by atoms with E-state index in [1.165, 1.54) is 154 Å². The molecule has 0 aliphatic heterocycles. The smallest absolute Gasteiger partial charge is 0.306 e. The topological polar surface area (TPSA) is 95.9 Å². The van der Waals surface area contributed by atoms with Crippen molar-refractivity contribution in [2.75, 3.05) is 6.61 Å². The van der Waals surface area contributed by atoms with E-state index in [4.69, 9.17) is 4.74 Å². The molecule has 0 saturated heterocycles. The Balaban J connectivity index is 4.66. The third kappa shape index (κ3) is 47.8. The number of amides is 1. The highest BCUT2D eigenvalue weighted by Gasteiger charge is 2.24. The summed E-state index contributed by atoms with van der Waals surface area (Å²) in [6.45, 7) is 6.40. The fourth-order valence-corrected chi connectivity index (χ4v) is 8.34. The Kier molecular flexibility index (Phi) is 51.1. The van der Waals surface area contributed by atoms with E-state index in [2.05, 4.69) is 62.5 Å². The molecule has 3 N–H and O–H groups in total. The Labute approximate surface area is 409 Å². The number of carbonyl (C=O) groups excluding carboxylic acids is 2. The fraction of sp³-hybridized carbons (Fsp3) is 0.767. The van der Waals surface area contributed by atoms with Gasteiger partial charge in [-0.25, -0.2) is 0 Å². The van der Waals surface area contributed by atoms with Crippen LogP contribution in [0.1, 0.15) is 271 Å². The lowest BCUT2D eigenvalue weighted by Gasteiger charge is -2.24. The van der Waals surface area contributed by atoms with E-state index in [9.17, 15) is 19.8 Å². The molecule has 0 aliphatic carbocycles. The average Bonchev–Trinajstić information content (AvgIpc) is 3.31. The number of esters is 1. The molecule has 0 aromatic carbocycles. The van der Waals surface area contributed by atoms with Crippen molar-refractivity contribution in [1.82, 2.24) is 5.32 Å². The second-order valence-electron chi connectivity index (χ2n) is 19.1. The number of hydrogen-bond donors (Lipinski definition) is 3. The van der Waals surface area contributed by atoms with E-state index in [1.54, 1.807) is 0 Å². The monoisotopic (exact) mass is 922 g/mol. The van der Waals surface area contributed by atoms with Crippen molar-refractivity contribution in [1.29, 1.82) is 0 Å². The first kappa shape index (κ1) is 63.3. The predicted octanol–water partition coefficient (Wildman–Crippen LogP) is 17.3. The standard InChI is InChI=1S/C60H107NO5/c1-4-7-10-13-16-19-22-25-28-30-32-35-38-41-44-47-50-53-60(65)66-56(51-48-45-42-39-36-33-31-29-26-23-20-17-14-11-8-5-2)54-59(64)61-57(55-62)58(63)52-49-46-43-40-37-34-27-24-21-18-15-12-9-6-3/h11,14,17,20,23,25-26,28-29,31,33,36,56-58,62-63H,4-10,12-13,15-16,18-19,21-22,24,27,30,32,34-35,37-55H2,1-3H3,(H,61,64)/b14-11+,20-17+,26-23+,28-25+,31-29+,36-33+. The first-order valence-corrected chi connectivity index (χ1v) is 28.2. The number of carbonyl (C=O) groups is 2. The van der Waals surface area contributed by atoms with Gasteiger partial charge in [0.15, 0.2) is 0 Å². The SMILES string of the molecule is CCC/C=C/C=C/C=C/C=C/C=C/CCCCCC(CC(=O)NC(CO)C(O)CCCCCCCCCCCCCCCC)OC(=O)CCCCCCCCC/C=C/CCCCCCCC. The van der Waals surface area contributed by atoms with Gasteiger partial charge in [0.2, 0.25) is 5.91 Å². The van der Waals surface area contributed by atoms with Gasteiger partial charge in [-0.15, -0.1) is 0 Å². The minimum absolute atomic E-state index is 0.0461. The Morgan fingerprint density at radius 3 is 1.29 bits per heavy atom. The molecule has 1 amide bonds. The minimum atomic E-state index is -0.803. The van der Waals surface area contributed by atoms with Gasteiger partial charge in [-0.05, 0) is 70.6 Å². The highest BCUT2D eigenvalue weighted by Crippen LogP contribution is 2.18. The summed E-state index contributed by atoms with van der Waals surface area (Å²) in [5.74, 6) is -0.517. The maximum absolute atomic E-state index is 13.3. The molecule has 0 rings (SSSR count). The summed E-state index contributed by atoms with van der Waals surface area (Å²) in [5, 5.41) is 23.8. The summed E-state index contributed by atoms with van der Waals surface area (Å²) in [7, 11) is 0. The third-order valence-corrected chi connectivity index (χ3v) is 12.6. The Hall–Kier alpha value is -2.70. The zero-order chi connectivity index (χ0) is 48.1. The van der Waals surface area contributed by atoms with E-state index in [-0.39, 0.29) is 24.9 Å². The van der Waals surface area contributed by atoms with Gasteiger partial charge in [0.1, 0.15) is 6.10 Å². The number of rotatable bonds is 50. The lowest BCUT2D eigenvalue weighted by atomic mass is 10.0. The van der Waals surface area contributed by atoms with Crippen molar-refractivity contribution in [3.05, 3.63) is 72.9 Å². The van der Waals surface area contributed by atoms with Gasteiger partial charge < -0.3 is 20.3 Å². The normalized spacial score (nSPS) is 13.7. The third-order valence-electron chi connectivity index (χ3n) is 12.6. The quantitative estimate of drug-likeness (QED) is 0.0244. The first-order chi connectivity index (χ1) is 32.5. The predicted molar refractivity (Wildman–Crippen MR) is 287 cm³/mol. The number of allylic oxidation sites excluding steroid dienone is 12. The average molecular weight is 923 g/mol. The van der Waals surface area contributed by atoms with Gasteiger partial charge in [0, 0.05) is 6.42 Å². The molecule has 6 heteroatoms. The zero-order valence-corrected chi connectivity index (χ0v) is 43.6. The van der Waals surface area contributed by atoms with Crippen molar-refractivity contribution in [2.45, 2.75) is 289 Å². The molecule has 382 valence electrons. The van der Waals surface area contributed by atoms with Crippen molar-refractivity contribution < 1.29 is 24.5 Å². The summed E-state index contributed by atoms with van der Waals surface area (Å²) in [6.07, 6.45) is 68.1. The number of aliphatic hydroxyl groups excluding tert-OH is 2. The first-order valence-electron chi connectivity index (χ1n) is 28.2. The zero-order valence-electron chi connectivity index (χ0n) is 43.6. The molecule has 6 nitrogen and oxygen atoms in total. The van der Waals surface area contributed by atoms with E-state index >= 15 is 0 Å². The Bertz CT molecular complexity index is 1220. The van der Waals surface area contributed by atoms with Crippen LogP contribution < -0.4 is 5.32 Å². The number of ether oxygens (including phenoxy) is 1. The van der Waals surface area contributed by atoms with Crippen LogP contribution in [-0.4, -0.2) is 46.9 Å². The molecular weight excluding hydrogens is 815 g/mol. The van der Waals surface area contributed by atoms with Gasteiger partial charge in [-0.1, -0.05) is 261 Å². The highest BCUT2D eigenvalue weighted by atomic mass is 16.5. The largest absolute Gasteiger partial charge is 0.462 e. The van der Waals surface area contributed by atoms with Crippen LogP contribution in [0.3, 0.4) is 0 Å². The fourth-order valence-electron chi connectivity index (χ4n) is 8.34. The summed E-state index contributed by atoms with van der Waals surface area (Å²) < 4.78 is 5.94. The summed E-state index contributed by atoms with van der Waals surface area (Å²) in [4.78, 5) is 26.3. The van der Waals surface area contributed by atoms with Gasteiger partial charge in [-0.3, -0.25) is 9.59 Å². The van der Waals surface area contributed by atoms with Gasteiger partial charge in [0.05, 0.1) is 25.2 Å². The summed E-state index contributed by atoms with van der Waals surface area (Å²) in [5.41, 5.74) is 0. The van der Waals surface area contributed by atoms with Crippen LogP contribution in [0.2, 0.25) is 0 Å². The molecule has 66 heavy (non-hydrogen) atoms. The Morgan fingerprint density at radius 2 is 0.818 bits per heavy atom. The molecule has 0 aromatic heterocycles. The number of unbranched alkanes of at least 4 members (excludes halogenated alkanes) is 30. The molecule has 0 aromatic rings. The van der Waals surface area contributed by atoms with Gasteiger partial charge >= 0.3 is 5.97 Å². The van der Waals surface area contributed by atoms with Crippen LogP contribution in [0.25, 0.3) is 0 Å². The number of aliphatic hydroxyl groups is 2. The van der Waals surface area contributed by atoms with Crippen molar-refractivity contribution >= 4 is 11.9 Å². The Morgan fingerprint density at radius 1 is 0.439 bits per heavy atom. The van der Waals surface area contributed by atoms with E-state index in [0.717, 1.165) is 70.6 Å². The lowest BCUT2D eigenvalue weighted by molar-refractivity contribution is -0.151. The van der Waals surface area contributed by atoms with Crippen LogP contribution in [-0.2, 0) is 14.3 Å². The molecule has 3 atom stereocenters. The van der Waals surface area contributed by atoms with Crippen LogP contribution in [0.5, 0.6) is 0 Å². The molecule has 0 heterocycles. The molecule has 0 aliphatic rings. The lowest BCUT2D eigenvalue weighted by Crippen LogP contribution is -2.46. The van der Waals surface area contributed by atoms with Crippen molar-refractivity contribution in [2.24, 2.45) is 0 Å². The van der Waals surface area contributed by atoms with Crippen LogP contribution >= 0.6 is 0 Å². The second-order valence-corrected chi connectivity index (χ2v) is 19.1. The molecule has 0 spiro atoms. The van der Waals surface area contributed by atoms with E-state index in [0.29, 0.717) is 19.3 Å². The molecule has 0 saturated carbocycles. The van der Waals surface area contributed by atoms with Gasteiger partial charge in [0.25, 0.3) is 0 Å². The number of hydrogen-bond acceptors (Lipinski definition) is 5. The molecule has 0 radical (unpaired) electrons. The second kappa shape index (κ2) is 53.3.